The molecule has 2 aromatic carbocycles. The Hall–Kier alpha value is -2.23. The van der Waals surface area contributed by atoms with Crippen LogP contribution in [-0.2, 0) is 23.0 Å². The molecule has 0 bridgehead atoms. The molecule has 1 saturated heterocycles. The molecule has 4 rings (SSSR count). The molecule has 0 aliphatic carbocycles. The summed E-state index contributed by atoms with van der Waals surface area (Å²) in [6.45, 7) is 5.73. The van der Waals surface area contributed by atoms with E-state index < -0.39 is 10.0 Å². The van der Waals surface area contributed by atoms with Crippen LogP contribution in [0, 0.1) is 0 Å². The number of benzene rings is 2. The number of aryl methyl sites for hydroxylation is 1. The SMILES string of the molecule is CCCCCCN(CCCc1ccccc1)C1CCN(S(=O)(=O)c2ccc(CNC(=O)c3ccc(Cl)cc3)s2)CC1. The lowest BCUT2D eigenvalue weighted by Gasteiger charge is -2.38. The van der Waals surface area contributed by atoms with E-state index in [2.05, 4.69) is 47.5 Å². The zero-order chi connectivity index (χ0) is 29.1. The van der Waals surface area contributed by atoms with Crippen molar-refractivity contribution in [2.45, 2.75) is 75.1 Å². The first-order chi connectivity index (χ1) is 19.9. The van der Waals surface area contributed by atoms with E-state index in [0.29, 0.717) is 33.9 Å². The quantitative estimate of drug-likeness (QED) is 0.187. The number of nitrogens with zero attached hydrogens (tertiary/aromatic N) is 2. The van der Waals surface area contributed by atoms with Crippen molar-refractivity contribution in [3.05, 3.63) is 87.8 Å². The predicted octanol–water partition coefficient (Wildman–Crippen LogP) is 7.00. The van der Waals surface area contributed by atoms with Gasteiger partial charge >= 0.3 is 0 Å². The molecule has 1 aliphatic heterocycles. The Bertz CT molecular complexity index is 1320. The number of thiophene rings is 1. The lowest BCUT2D eigenvalue weighted by molar-refractivity contribution is 0.0951. The Morgan fingerprint density at radius 3 is 2.37 bits per heavy atom. The Kier molecular flexibility index (Phi) is 12.3. The summed E-state index contributed by atoms with van der Waals surface area (Å²) in [7, 11) is -3.56. The van der Waals surface area contributed by atoms with E-state index in [-0.39, 0.29) is 12.5 Å². The van der Waals surface area contributed by atoms with Crippen LogP contribution < -0.4 is 5.32 Å². The van der Waals surface area contributed by atoms with Crippen molar-refractivity contribution < 1.29 is 13.2 Å². The minimum Gasteiger partial charge on any atom is -0.347 e. The minimum absolute atomic E-state index is 0.218. The van der Waals surface area contributed by atoms with Gasteiger partial charge in [-0.2, -0.15) is 4.31 Å². The van der Waals surface area contributed by atoms with Gasteiger partial charge in [-0.15, -0.1) is 11.3 Å². The van der Waals surface area contributed by atoms with Crippen LogP contribution in [0.4, 0.5) is 0 Å². The van der Waals surface area contributed by atoms with E-state index in [1.54, 1.807) is 40.7 Å². The second kappa shape index (κ2) is 15.8. The first kappa shape index (κ1) is 31.7. The second-order valence-electron chi connectivity index (χ2n) is 10.7. The van der Waals surface area contributed by atoms with Crippen LogP contribution >= 0.6 is 22.9 Å². The molecule has 0 atom stereocenters. The zero-order valence-corrected chi connectivity index (χ0v) is 26.3. The van der Waals surface area contributed by atoms with Gasteiger partial charge in [0, 0.05) is 34.6 Å². The molecule has 1 aromatic heterocycles. The van der Waals surface area contributed by atoms with Crippen molar-refractivity contribution in [3.8, 4) is 0 Å². The monoisotopic (exact) mass is 615 g/mol. The van der Waals surface area contributed by atoms with Gasteiger partial charge in [-0.3, -0.25) is 4.79 Å². The molecule has 1 aliphatic rings. The van der Waals surface area contributed by atoms with Gasteiger partial charge in [-0.1, -0.05) is 68.1 Å². The largest absolute Gasteiger partial charge is 0.347 e. The summed E-state index contributed by atoms with van der Waals surface area (Å²) in [6, 6.07) is 21.2. The summed E-state index contributed by atoms with van der Waals surface area (Å²) in [5.41, 5.74) is 1.89. The van der Waals surface area contributed by atoms with E-state index in [1.807, 2.05) is 0 Å². The number of hydrogen-bond donors (Lipinski definition) is 1. The fourth-order valence-electron chi connectivity index (χ4n) is 5.39. The molecule has 1 fully saturated rings. The molecule has 0 radical (unpaired) electrons. The highest BCUT2D eigenvalue weighted by Crippen LogP contribution is 2.28. The number of hydrogen-bond acceptors (Lipinski definition) is 5. The number of carbonyl (C=O) groups excluding carboxylic acids is 1. The van der Waals surface area contributed by atoms with Crippen molar-refractivity contribution >= 4 is 38.9 Å². The maximum Gasteiger partial charge on any atom is 0.252 e. The minimum atomic E-state index is -3.56. The van der Waals surface area contributed by atoms with Gasteiger partial charge in [-0.05, 0) is 87.2 Å². The Morgan fingerprint density at radius 1 is 0.951 bits per heavy atom. The van der Waals surface area contributed by atoms with Gasteiger partial charge in [0.05, 0.1) is 6.54 Å². The third-order valence-corrected chi connectivity index (χ3v) is 11.5. The number of sulfonamides is 1. The number of halogens is 1. The first-order valence-corrected chi connectivity index (χ1v) is 17.4. The van der Waals surface area contributed by atoms with Crippen molar-refractivity contribution in [2.75, 3.05) is 26.2 Å². The van der Waals surface area contributed by atoms with Gasteiger partial charge in [0.25, 0.3) is 15.9 Å². The fraction of sp³-hybridized carbons (Fsp3) is 0.469. The van der Waals surface area contributed by atoms with Gasteiger partial charge in [0.15, 0.2) is 0 Å². The molecule has 222 valence electrons. The van der Waals surface area contributed by atoms with Crippen LogP contribution in [0.25, 0.3) is 0 Å². The third kappa shape index (κ3) is 9.38. The molecule has 2 heterocycles. The number of unbranched alkanes of at least 4 members (excludes halogenated alkanes) is 3. The Balaban J connectivity index is 1.29. The van der Waals surface area contributed by atoms with Crippen molar-refractivity contribution in [1.29, 1.82) is 0 Å². The van der Waals surface area contributed by atoms with E-state index in [4.69, 9.17) is 11.6 Å². The highest BCUT2D eigenvalue weighted by Gasteiger charge is 2.32. The van der Waals surface area contributed by atoms with Crippen molar-refractivity contribution in [1.82, 2.24) is 14.5 Å². The number of rotatable bonds is 15. The molecule has 9 heteroatoms. The number of carbonyl (C=O) groups is 1. The zero-order valence-electron chi connectivity index (χ0n) is 23.9. The summed E-state index contributed by atoms with van der Waals surface area (Å²) in [5, 5.41) is 3.43. The summed E-state index contributed by atoms with van der Waals surface area (Å²) in [6.07, 6.45) is 8.83. The summed E-state index contributed by atoms with van der Waals surface area (Å²) in [4.78, 5) is 15.8. The summed E-state index contributed by atoms with van der Waals surface area (Å²) >= 11 is 7.13. The maximum absolute atomic E-state index is 13.5. The molecular weight excluding hydrogens is 574 g/mol. The molecule has 1 N–H and O–H groups in total. The van der Waals surface area contributed by atoms with Gasteiger partial charge in [0.2, 0.25) is 0 Å². The number of nitrogens with one attached hydrogen (secondary N) is 1. The normalized spacial score (nSPS) is 14.9. The molecule has 0 saturated carbocycles. The van der Waals surface area contributed by atoms with Gasteiger partial charge in [0.1, 0.15) is 4.21 Å². The summed E-state index contributed by atoms with van der Waals surface area (Å²) in [5.74, 6) is -0.218. The average molecular weight is 616 g/mol. The molecule has 0 unspecified atom stereocenters. The molecule has 3 aromatic rings. The van der Waals surface area contributed by atoms with Crippen LogP contribution in [0.15, 0.2) is 70.9 Å². The smallest absolute Gasteiger partial charge is 0.252 e. The van der Waals surface area contributed by atoms with Gasteiger partial charge < -0.3 is 10.2 Å². The molecule has 0 spiro atoms. The van der Waals surface area contributed by atoms with Gasteiger partial charge in [-0.25, -0.2) is 8.42 Å². The van der Waals surface area contributed by atoms with Crippen LogP contribution in [0.1, 0.15) is 72.7 Å². The van der Waals surface area contributed by atoms with Crippen LogP contribution in [0.3, 0.4) is 0 Å². The average Bonchev–Trinajstić information content (AvgIpc) is 3.48. The van der Waals surface area contributed by atoms with E-state index in [0.717, 1.165) is 43.6 Å². The lowest BCUT2D eigenvalue weighted by atomic mass is 10.0. The highest BCUT2D eigenvalue weighted by molar-refractivity contribution is 7.91. The van der Waals surface area contributed by atoms with E-state index in [1.165, 1.54) is 42.6 Å². The predicted molar refractivity (Wildman–Crippen MR) is 169 cm³/mol. The van der Waals surface area contributed by atoms with Crippen LogP contribution in [0.5, 0.6) is 0 Å². The molecule has 6 nitrogen and oxygen atoms in total. The highest BCUT2D eigenvalue weighted by atomic mass is 35.5. The number of amides is 1. The van der Waals surface area contributed by atoms with Crippen LogP contribution in [0.2, 0.25) is 5.02 Å². The standard InChI is InChI=1S/C32H42ClN3O3S2/c1-2-3-4-8-21-35(22-9-12-26-10-6-5-7-11-26)29-19-23-36(24-20-29)41(38,39)31-18-17-30(40-31)25-34-32(37)27-13-15-28(33)16-14-27/h5-7,10-11,13-18,29H,2-4,8-9,12,19-25H2,1H3,(H,34,37). The number of piperidine rings is 1. The topological polar surface area (TPSA) is 69.7 Å². The Morgan fingerprint density at radius 2 is 1.66 bits per heavy atom. The van der Waals surface area contributed by atoms with Crippen molar-refractivity contribution in [3.63, 3.8) is 0 Å². The van der Waals surface area contributed by atoms with E-state index in [9.17, 15) is 13.2 Å². The summed E-state index contributed by atoms with van der Waals surface area (Å²) < 4.78 is 28.9. The third-order valence-electron chi connectivity index (χ3n) is 7.75. The van der Waals surface area contributed by atoms with Crippen LogP contribution in [-0.4, -0.2) is 55.8 Å². The Labute approximate surface area is 254 Å². The fourth-order valence-corrected chi connectivity index (χ4v) is 8.43. The van der Waals surface area contributed by atoms with Crippen molar-refractivity contribution in [2.24, 2.45) is 0 Å². The van der Waals surface area contributed by atoms with E-state index >= 15 is 0 Å². The first-order valence-electron chi connectivity index (χ1n) is 14.8. The molecular formula is C32H42ClN3O3S2. The second-order valence-corrected chi connectivity index (χ2v) is 14.5. The maximum atomic E-state index is 13.5. The molecule has 1 amide bonds. The molecule has 41 heavy (non-hydrogen) atoms. The lowest BCUT2D eigenvalue weighted by Crippen LogP contribution is -2.47.